The topological polar surface area (TPSA) is 44.5 Å². The second-order valence-corrected chi connectivity index (χ2v) is 4.69. The highest BCUT2D eigenvalue weighted by Gasteiger charge is 2.11. The Bertz CT molecular complexity index is 326. The Morgan fingerprint density at radius 3 is 2.35 bits per heavy atom. The number of methoxy groups -OCH3 is 1. The molecule has 0 aliphatic rings. The predicted octanol–water partition coefficient (Wildman–Crippen LogP) is 2.70. The molecule has 0 bridgehead atoms. The lowest BCUT2D eigenvalue weighted by atomic mass is 9.98. The lowest BCUT2D eigenvalue weighted by Gasteiger charge is -2.18. The average Bonchev–Trinajstić information content (AvgIpc) is 2.34. The van der Waals surface area contributed by atoms with E-state index < -0.39 is 0 Å². The van der Waals surface area contributed by atoms with Gasteiger partial charge >= 0.3 is 0 Å². The van der Waals surface area contributed by atoms with E-state index in [0.717, 1.165) is 17.9 Å². The SMILES string of the molecule is COc1ccccc1OCC(CN)CC(C)C. The van der Waals surface area contributed by atoms with Gasteiger partial charge in [0.25, 0.3) is 0 Å². The Kier molecular flexibility index (Phi) is 5.84. The molecule has 0 amide bonds. The van der Waals surface area contributed by atoms with Crippen molar-refractivity contribution in [2.75, 3.05) is 20.3 Å². The summed E-state index contributed by atoms with van der Waals surface area (Å²) < 4.78 is 11.0. The maximum absolute atomic E-state index is 5.78. The first-order chi connectivity index (χ1) is 8.17. The van der Waals surface area contributed by atoms with E-state index in [4.69, 9.17) is 15.2 Å². The smallest absolute Gasteiger partial charge is 0.161 e. The van der Waals surface area contributed by atoms with Crippen molar-refractivity contribution in [3.05, 3.63) is 24.3 Å². The molecule has 0 spiro atoms. The van der Waals surface area contributed by atoms with Crippen molar-refractivity contribution in [1.29, 1.82) is 0 Å². The van der Waals surface area contributed by atoms with Gasteiger partial charge in [-0.3, -0.25) is 0 Å². The van der Waals surface area contributed by atoms with Gasteiger partial charge in [-0.15, -0.1) is 0 Å². The summed E-state index contributed by atoms with van der Waals surface area (Å²) in [6.07, 6.45) is 1.09. The van der Waals surface area contributed by atoms with Crippen LogP contribution in [0.5, 0.6) is 11.5 Å². The zero-order chi connectivity index (χ0) is 12.7. The molecule has 1 atom stereocenters. The molecule has 1 aromatic carbocycles. The van der Waals surface area contributed by atoms with Gasteiger partial charge in [0.1, 0.15) is 0 Å². The molecular formula is C14H23NO2. The summed E-state index contributed by atoms with van der Waals surface area (Å²) in [6.45, 7) is 5.71. The first-order valence-corrected chi connectivity index (χ1v) is 6.13. The molecule has 1 unspecified atom stereocenters. The average molecular weight is 237 g/mol. The van der Waals surface area contributed by atoms with Gasteiger partial charge in [-0.1, -0.05) is 26.0 Å². The summed E-state index contributed by atoms with van der Waals surface area (Å²) in [5.41, 5.74) is 5.74. The summed E-state index contributed by atoms with van der Waals surface area (Å²) in [7, 11) is 1.65. The molecule has 0 radical (unpaired) electrons. The van der Waals surface area contributed by atoms with Gasteiger partial charge in [-0.05, 0) is 31.0 Å². The first kappa shape index (κ1) is 13.8. The molecule has 3 nitrogen and oxygen atoms in total. The van der Waals surface area contributed by atoms with Crippen molar-refractivity contribution in [2.45, 2.75) is 20.3 Å². The standard InChI is InChI=1S/C14H23NO2/c1-11(2)8-12(9-15)10-17-14-7-5-4-6-13(14)16-3/h4-7,11-12H,8-10,15H2,1-3H3. The highest BCUT2D eigenvalue weighted by Crippen LogP contribution is 2.26. The van der Waals surface area contributed by atoms with Crippen LogP contribution in [0.3, 0.4) is 0 Å². The molecular weight excluding hydrogens is 214 g/mol. The first-order valence-electron chi connectivity index (χ1n) is 6.13. The number of para-hydroxylation sites is 2. The molecule has 0 saturated heterocycles. The molecule has 2 N–H and O–H groups in total. The summed E-state index contributed by atoms with van der Waals surface area (Å²) >= 11 is 0. The Labute approximate surface area is 104 Å². The zero-order valence-electron chi connectivity index (χ0n) is 11.0. The van der Waals surface area contributed by atoms with Gasteiger partial charge in [0.2, 0.25) is 0 Å². The van der Waals surface area contributed by atoms with Crippen LogP contribution in [0, 0.1) is 11.8 Å². The number of hydrogen-bond donors (Lipinski definition) is 1. The zero-order valence-corrected chi connectivity index (χ0v) is 11.0. The fourth-order valence-electron chi connectivity index (χ4n) is 1.84. The number of hydrogen-bond acceptors (Lipinski definition) is 3. The van der Waals surface area contributed by atoms with Crippen LogP contribution in [0.2, 0.25) is 0 Å². The van der Waals surface area contributed by atoms with Crippen molar-refractivity contribution in [3.63, 3.8) is 0 Å². The quantitative estimate of drug-likeness (QED) is 0.793. The molecule has 17 heavy (non-hydrogen) atoms. The van der Waals surface area contributed by atoms with Crippen LogP contribution in [-0.4, -0.2) is 20.3 Å². The van der Waals surface area contributed by atoms with Crippen LogP contribution in [0.4, 0.5) is 0 Å². The van der Waals surface area contributed by atoms with Crippen LogP contribution in [0.15, 0.2) is 24.3 Å². The van der Waals surface area contributed by atoms with Crippen molar-refractivity contribution < 1.29 is 9.47 Å². The minimum atomic E-state index is 0.403. The van der Waals surface area contributed by atoms with Crippen molar-refractivity contribution in [2.24, 2.45) is 17.6 Å². The summed E-state index contributed by atoms with van der Waals surface area (Å²) in [4.78, 5) is 0. The molecule has 3 heteroatoms. The van der Waals surface area contributed by atoms with Crippen molar-refractivity contribution in [1.82, 2.24) is 0 Å². The molecule has 0 aliphatic carbocycles. The van der Waals surface area contributed by atoms with Gasteiger partial charge in [0.05, 0.1) is 13.7 Å². The lowest BCUT2D eigenvalue weighted by Crippen LogP contribution is -2.23. The highest BCUT2D eigenvalue weighted by molar-refractivity contribution is 5.39. The number of benzene rings is 1. The van der Waals surface area contributed by atoms with Crippen LogP contribution in [-0.2, 0) is 0 Å². The normalized spacial score (nSPS) is 12.5. The molecule has 0 aromatic heterocycles. The predicted molar refractivity (Wildman–Crippen MR) is 70.5 cm³/mol. The highest BCUT2D eigenvalue weighted by atomic mass is 16.5. The molecule has 0 saturated carbocycles. The monoisotopic (exact) mass is 237 g/mol. The molecule has 96 valence electrons. The fourth-order valence-corrected chi connectivity index (χ4v) is 1.84. The van der Waals surface area contributed by atoms with E-state index in [1.165, 1.54) is 0 Å². The van der Waals surface area contributed by atoms with Gasteiger partial charge in [-0.25, -0.2) is 0 Å². The van der Waals surface area contributed by atoms with Gasteiger partial charge in [-0.2, -0.15) is 0 Å². The van der Waals surface area contributed by atoms with Crippen molar-refractivity contribution >= 4 is 0 Å². The molecule has 1 aromatic rings. The Balaban J connectivity index is 2.53. The van der Waals surface area contributed by atoms with Gasteiger partial charge in [0.15, 0.2) is 11.5 Å². The number of ether oxygens (including phenoxy) is 2. The largest absolute Gasteiger partial charge is 0.493 e. The van der Waals surface area contributed by atoms with Crippen LogP contribution < -0.4 is 15.2 Å². The summed E-state index contributed by atoms with van der Waals surface area (Å²) in [6, 6.07) is 7.69. The van der Waals surface area contributed by atoms with Gasteiger partial charge < -0.3 is 15.2 Å². The Hall–Kier alpha value is -1.22. The van der Waals surface area contributed by atoms with Crippen LogP contribution in [0.25, 0.3) is 0 Å². The molecule has 1 rings (SSSR count). The molecule has 0 aliphatic heterocycles. The fraction of sp³-hybridized carbons (Fsp3) is 0.571. The lowest BCUT2D eigenvalue weighted by molar-refractivity contribution is 0.222. The summed E-state index contributed by atoms with van der Waals surface area (Å²) in [5.74, 6) is 2.61. The second-order valence-electron chi connectivity index (χ2n) is 4.69. The van der Waals surface area contributed by atoms with Crippen LogP contribution in [0.1, 0.15) is 20.3 Å². The minimum Gasteiger partial charge on any atom is -0.493 e. The molecule has 0 fully saturated rings. The van der Waals surface area contributed by atoms with E-state index in [-0.39, 0.29) is 0 Å². The second kappa shape index (κ2) is 7.17. The van der Waals surface area contributed by atoms with Crippen molar-refractivity contribution in [3.8, 4) is 11.5 Å². The van der Waals surface area contributed by atoms with Crippen LogP contribution >= 0.6 is 0 Å². The van der Waals surface area contributed by atoms with E-state index in [1.807, 2.05) is 24.3 Å². The maximum atomic E-state index is 5.78. The molecule has 0 heterocycles. The maximum Gasteiger partial charge on any atom is 0.161 e. The third kappa shape index (κ3) is 4.65. The minimum absolute atomic E-state index is 0.403. The van der Waals surface area contributed by atoms with E-state index in [0.29, 0.717) is 25.0 Å². The third-order valence-electron chi connectivity index (χ3n) is 2.68. The van der Waals surface area contributed by atoms with E-state index in [1.54, 1.807) is 7.11 Å². The third-order valence-corrected chi connectivity index (χ3v) is 2.68. The van der Waals surface area contributed by atoms with E-state index in [9.17, 15) is 0 Å². The Morgan fingerprint density at radius 2 is 1.82 bits per heavy atom. The summed E-state index contributed by atoms with van der Waals surface area (Å²) in [5, 5.41) is 0. The van der Waals surface area contributed by atoms with E-state index >= 15 is 0 Å². The van der Waals surface area contributed by atoms with E-state index in [2.05, 4.69) is 13.8 Å². The number of rotatable bonds is 7. The Morgan fingerprint density at radius 1 is 1.18 bits per heavy atom. The number of nitrogens with two attached hydrogens (primary N) is 1. The van der Waals surface area contributed by atoms with Gasteiger partial charge in [0, 0.05) is 5.92 Å².